The third kappa shape index (κ3) is 5.70. The van der Waals surface area contributed by atoms with Crippen LogP contribution in [0, 0.1) is 17.6 Å². The Labute approximate surface area is 165 Å². The summed E-state index contributed by atoms with van der Waals surface area (Å²) in [5.41, 5.74) is 5.74. The number of nitrogens with two attached hydrogens (primary N) is 1. The first kappa shape index (κ1) is 21.7. The number of carbonyl (C=O) groups is 2. The highest BCUT2D eigenvalue weighted by Crippen LogP contribution is 2.20. The van der Waals surface area contributed by atoms with Gasteiger partial charge in [-0.3, -0.25) is 9.59 Å². The highest BCUT2D eigenvalue weighted by molar-refractivity contribution is 7.15. The maximum absolute atomic E-state index is 13.6. The maximum Gasteiger partial charge on any atom is 0.249 e. The van der Waals surface area contributed by atoms with E-state index >= 15 is 0 Å². The Morgan fingerprint density at radius 3 is 2.50 bits per heavy atom. The molecule has 2 rings (SSSR count). The monoisotopic (exact) mass is 412 g/mol. The molecule has 0 aliphatic carbocycles. The molecule has 0 bridgehead atoms. The summed E-state index contributed by atoms with van der Waals surface area (Å²) < 4.78 is 26.9. The van der Waals surface area contributed by atoms with Crippen LogP contribution < -0.4 is 16.4 Å². The van der Waals surface area contributed by atoms with Crippen molar-refractivity contribution in [1.29, 1.82) is 0 Å². The molecular formula is C18H22F2N4O3S. The lowest BCUT2D eigenvalue weighted by Crippen LogP contribution is -2.42. The fourth-order valence-corrected chi connectivity index (χ4v) is 3.03. The van der Waals surface area contributed by atoms with Crippen molar-refractivity contribution < 1.29 is 23.5 Å². The standard InChI is InChI=1S/C18H22F2N4O3S/c1-9(2)15(25)17(27)23-8-12(10-3-4-13(19)14(20)5-10)16(26)22-6-11-7-24-18(21)28-11/h3-5,7,9,12,15,25H,6,8H2,1-2H3,(H2,21,24)(H,22,26)(H,23,27)/t12-,15+/m0/s1. The first-order chi connectivity index (χ1) is 13.2. The van der Waals surface area contributed by atoms with E-state index in [1.165, 1.54) is 23.6 Å². The van der Waals surface area contributed by atoms with Crippen LogP contribution in [-0.2, 0) is 16.1 Å². The molecule has 28 heavy (non-hydrogen) atoms. The minimum atomic E-state index is -1.24. The Hall–Kier alpha value is -2.59. The molecule has 0 radical (unpaired) electrons. The number of carbonyl (C=O) groups excluding carboxylic acids is 2. The second kappa shape index (κ2) is 9.56. The topological polar surface area (TPSA) is 117 Å². The van der Waals surface area contributed by atoms with E-state index in [1.54, 1.807) is 13.8 Å². The molecule has 5 N–H and O–H groups in total. The van der Waals surface area contributed by atoms with Gasteiger partial charge in [0.15, 0.2) is 16.8 Å². The summed E-state index contributed by atoms with van der Waals surface area (Å²) in [6.07, 6.45) is 0.280. The summed E-state index contributed by atoms with van der Waals surface area (Å²) in [4.78, 5) is 29.2. The summed E-state index contributed by atoms with van der Waals surface area (Å²) in [6, 6.07) is 3.10. The highest BCUT2D eigenvalue weighted by atomic mass is 32.1. The van der Waals surface area contributed by atoms with E-state index in [2.05, 4.69) is 15.6 Å². The van der Waals surface area contributed by atoms with Crippen LogP contribution >= 0.6 is 11.3 Å². The van der Waals surface area contributed by atoms with Crippen LogP contribution in [0.1, 0.15) is 30.2 Å². The molecule has 1 aromatic heterocycles. The quantitative estimate of drug-likeness (QED) is 0.525. The molecule has 0 unspecified atom stereocenters. The molecule has 0 saturated heterocycles. The molecule has 1 heterocycles. The van der Waals surface area contributed by atoms with E-state index in [0.29, 0.717) is 10.0 Å². The van der Waals surface area contributed by atoms with Crippen LogP contribution in [0.5, 0.6) is 0 Å². The lowest BCUT2D eigenvalue weighted by atomic mass is 9.97. The van der Waals surface area contributed by atoms with Gasteiger partial charge in [-0.05, 0) is 23.6 Å². The number of nitrogens with zero attached hydrogens (tertiary/aromatic N) is 1. The predicted molar refractivity (Wildman–Crippen MR) is 101 cm³/mol. The lowest BCUT2D eigenvalue weighted by molar-refractivity contribution is -0.131. The van der Waals surface area contributed by atoms with Crippen molar-refractivity contribution in [2.24, 2.45) is 5.92 Å². The number of nitrogen functional groups attached to an aromatic ring is 1. The molecule has 1 aromatic carbocycles. The van der Waals surface area contributed by atoms with Crippen LogP contribution in [0.25, 0.3) is 0 Å². The molecule has 2 atom stereocenters. The van der Waals surface area contributed by atoms with Crippen LogP contribution in [0.15, 0.2) is 24.4 Å². The molecule has 0 aliphatic heterocycles. The van der Waals surface area contributed by atoms with Gasteiger partial charge in [-0.25, -0.2) is 13.8 Å². The van der Waals surface area contributed by atoms with Gasteiger partial charge < -0.3 is 21.5 Å². The molecule has 0 spiro atoms. The number of rotatable bonds is 8. The zero-order valence-electron chi connectivity index (χ0n) is 15.4. The van der Waals surface area contributed by atoms with Crippen molar-refractivity contribution in [3.8, 4) is 0 Å². The van der Waals surface area contributed by atoms with E-state index in [0.717, 1.165) is 12.1 Å². The number of aliphatic hydroxyl groups is 1. The van der Waals surface area contributed by atoms with Crippen molar-refractivity contribution in [2.45, 2.75) is 32.4 Å². The average molecular weight is 412 g/mol. The van der Waals surface area contributed by atoms with Crippen molar-refractivity contribution >= 4 is 28.3 Å². The Morgan fingerprint density at radius 1 is 1.21 bits per heavy atom. The first-order valence-corrected chi connectivity index (χ1v) is 9.39. The normalized spacial score (nSPS) is 13.2. The summed E-state index contributed by atoms with van der Waals surface area (Å²) >= 11 is 1.21. The largest absolute Gasteiger partial charge is 0.383 e. The van der Waals surface area contributed by atoms with Crippen molar-refractivity contribution in [3.05, 3.63) is 46.5 Å². The number of aliphatic hydroxyl groups excluding tert-OH is 1. The van der Waals surface area contributed by atoms with Gasteiger partial charge in [0.1, 0.15) is 6.10 Å². The number of aromatic nitrogens is 1. The van der Waals surface area contributed by atoms with Crippen LogP contribution in [0.3, 0.4) is 0 Å². The van der Waals surface area contributed by atoms with E-state index in [-0.39, 0.29) is 24.6 Å². The molecule has 0 fully saturated rings. The fraction of sp³-hybridized carbons (Fsp3) is 0.389. The first-order valence-electron chi connectivity index (χ1n) is 8.57. The summed E-state index contributed by atoms with van der Waals surface area (Å²) in [5, 5.41) is 15.3. The molecule has 7 nitrogen and oxygen atoms in total. The van der Waals surface area contributed by atoms with Crippen LogP contribution in [0.2, 0.25) is 0 Å². The number of amides is 2. The molecular weight excluding hydrogens is 390 g/mol. The Kier molecular flexibility index (Phi) is 7.41. The van der Waals surface area contributed by atoms with Gasteiger partial charge in [0, 0.05) is 17.6 Å². The van der Waals surface area contributed by atoms with Gasteiger partial charge in [0.25, 0.3) is 0 Å². The molecule has 10 heteroatoms. The second-order valence-electron chi connectivity index (χ2n) is 6.54. The van der Waals surface area contributed by atoms with E-state index < -0.39 is 35.5 Å². The van der Waals surface area contributed by atoms with Gasteiger partial charge in [-0.15, -0.1) is 11.3 Å². The lowest BCUT2D eigenvalue weighted by Gasteiger charge is -2.20. The molecule has 0 saturated carbocycles. The van der Waals surface area contributed by atoms with E-state index in [4.69, 9.17) is 5.73 Å². The van der Waals surface area contributed by atoms with Crippen molar-refractivity contribution in [3.63, 3.8) is 0 Å². The highest BCUT2D eigenvalue weighted by Gasteiger charge is 2.25. The molecule has 2 aromatic rings. The number of anilines is 1. The minimum absolute atomic E-state index is 0.149. The number of hydrogen-bond acceptors (Lipinski definition) is 6. The third-order valence-corrected chi connectivity index (χ3v) is 4.88. The van der Waals surface area contributed by atoms with Gasteiger partial charge in [-0.1, -0.05) is 19.9 Å². The zero-order valence-corrected chi connectivity index (χ0v) is 16.2. The van der Waals surface area contributed by atoms with Gasteiger partial charge in [0.05, 0.1) is 12.5 Å². The summed E-state index contributed by atoms with van der Waals surface area (Å²) in [7, 11) is 0. The number of benzene rings is 1. The van der Waals surface area contributed by atoms with E-state index in [1.807, 2.05) is 0 Å². The van der Waals surface area contributed by atoms with E-state index in [9.17, 15) is 23.5 Å². The number of thiazole rings is 1. The zero-order chi connectivity index (χ0) is 20.8. The smallest absolute Gasteiger partial charge is 0.249 e. The molecule has 152 valence electrons. The molecule has 2 amide bonds. The number of halogens is 2. The predicted octanol–water partition coefficient (Wildman–Crippen LogP) is 1.54. The SMILES string of the molecule is CC(C)[C@@H](O)C(=O)NC[C@H](C(=O)NCc1cnc(N)s1)c1ccc(F)c(F)c1. The van der Waals surface area contributed by atoms with Crippen molar-refractivity contribution in [1.82, 2.24) is 15.6 Å². The second-order valence-corrected chi connectivity index (χ2v) is 7.69. The van der Waals surface area contributed by atoms with Crippen molar-refractivity contribution in [2.75, 3.05) is 12.3 Å². The van der Waals surface area contributed by atoms with Gasteiger partial charge in [0.2, 0.25) is 11.8 Å². The Balaban J connectivity index is 2.13. The fourth-order valence-electron chi connectivity index (χ4n) is 2.40. The third-order valence-electron chi connectivity index (χ3n) is 4.05. The van der Waals surface area contributed by atoms with Crippen LogP contribution in [0.4, 0.5) is 13.9 Å². The average Bonchev–Trinajstić information content (AvgIpc) is 3.07. The summed E-state index contributed by atoms with van der Waals surface area (Å²) in [6.45, 7) is 3.30. The number of hydrogen-bond donors (Lipinski definition) is 4. The Bertz CT molecular complexity index is 844. The van der Waals surface area contributed by atoms with Gasteiger partial charge >= 0.3 is 0 Å². The maximum atomic E-state index is 13.6. The summed E-state index contributed by atoms with van der Waals surface area (Å²) in [5.74, 6) is -4.58. The minimum Gasteiger partial charge on any atom is -0.383 e. The Morgan fingerprint density at radius 2 is 1.93 bits per heavy atom. The molecule has 0 aliphatic rings. The number of nitrogens with one attached hydrogen (secondary N) is 2. The van der Waals surface area contributed by atoms with Gasteiger partial charge in [-0.2, -0.15) is 0 Å². The van der Waals surface area contributed by atoms with Crippen LogP contribution in [-0.4, -0.2) is 34.6 Å².